The van der Waals surface area contributed by atoms with Crippen molar-refractivity contribution in [3.05, 3.63) is 52.7 Å². The molecule has 128 valence electrons. The molecule has 1 fully saturated rings. The number of benzene rings is 1. The molecule has 24 heavy (non-hydrogen) atoms. The van der Waals surface area contributed by atoms with Crippen LogP contribution in [0.5, 0.6) is 0 Å². The summed E-state index contributed by atoms with van der Waals surface area (Å²) in [7, 11) is 0. The topological polar surface area (TPSA) is 46.3 Å². The van der Waals surface area contributed by atoms with Crippen molar-refractivity contribution in [1.82, 2.24) is 10.1 Å². The molecule has 1 unspecified atom stereocenters. The number of carbonyl (C=O) groups excluding carboxylic acids is 1. The van der Waals surface area contributed by atoms with Crippen LogP contribution in [0, 0.1) is 25.6 Å². The van der Waals surface area contributed by atoms with Gasteiger partial charge in [0.2, 0.25) is 0 Å². The molecule has 2 aromatic rings. The van der Waals surface area contributed by atoms with Gasteiger partial charge in [-0.15, -0.1) is 0 Å². The molecule has 1 aromatic carbocycles. The second kappa shape index (κ2) is 7.16. The van der Waals surface area contributed by atoms with Crippen LogP contribution in [-0.2, 0) is 6.42 Å². The largest absolute Gasteiger partial charge is 0.361 e. The number of carbonyl (C=O) groups is 1. The molecule has 1 amide bonds. The van der Waals surface area contributed by atoms with E-state index in [0.29, 0.717) is 22.9 Å². The molecule has 0 spiro atoms. The minimum atomic E-state index is -0.201. The van der Waals surface area contributed by atoms with E-state index in [2.05, 4.69) is 5.16 Å². The van der Waals surface area contributed by atoms with Crippen molar-refractivity contribution in [1.29, 1.82) is 0 Å². The molecule has 0 saturated carbocycles. The lowest BCUT2D eigenvalue weighted by Crippen LogP contribution is -2.40. The maximum atomic E-state index is 13.0. The Labute approximate surface area is 141 Å². The minimum Gasteiger partial charge on any atom is -0.361 e. The molecule has 2 heterocycles. The first-order valence-electron chi connectivity index (χ1n) is 8.51. The first-order valence-corrected chi connectivity index (χ1v) is 8.51. The molecule has 1 saturated heterocycles. The number of likely N-dealkylation sites (tertiary alicyclic amines) is 1. The first-order chi connectivity index (χ1) is 11.5. The Morgan fingerprint density at radius 3 is 2.75 bits per heavy atom. The molecular formula is C19H23FN2O2. The van der Waals surface area contributed by atoms with Crippen LogP contribution in [0.4, 0.5) is 4.39 Å². The normalized spacial score (nSPS) is 18.0. The number of aromatic nitrogens is 1. The summed E-state index contributed by atoms with van der Waals surface area (Å²) < 4.78 is 18.1. The monoisotopic (exact) mass is 330 g/mol. The molecule has 0 bridgehead atoms. The number of hydrogen-bond acceptors (Lipinski definition) is 3. The molecule has 4 nitrogen and oxygen atoms in total. The minimum absolute atomic E-state index is 0.0257. The Morgan fingerprint density at radius 1 is 1.33 bits per heavy atom. The standard InChI is InChI=1S/C19H23FN2O2/c1-13-18(14(2)24-21-13)19(23)22-11-3-4-16(12-22)6-5-15-7-9-17(20)10-8-15/h7-10,16H,3-6,11-12H2,1-2H3. The van der Waals surface area contributed by atoms with E-state index in [4.69, 9.17) is 4.52 Å². The Hall–Kier alpha value is -2.17. The van der Waals surface area contributed by atoms with Crippen molar-refractivity contribution in [2.45, 2.75) is 39.5 Å². The molecule has 1 atom stereocenters. The van der Waals surface area contributed by atoms with Crippen molar-refractivity contribution < 1.29 is 13.7 Å². The molecule has 0 aliphatic carbocycles. The molecule has 1 aliphatic rings. The van der Waals surface area contributed by atoms with E-state index in [1.165, 1.54) is 12.1 Å². The van der Waals surface area contributed by atoms with Crippen molar-refractivity contribution in [3.8, 4) is 0 Å². The predicted molar refractivity (Wildman–Crippen MR) is 89.3 cm³/mol. The van der Waals surface area contributed by atoms with E-state index in [9.17, 15) is 9.18 Å². The van der Waals surface area contributed by atoms with Gasteiger partial charge in [-0.2, -0.15) is 0 Å². The van der Waals surface area contributed by atoms with Crippen LogP contribution >= 0.6 is 0 Å². The quantitative estimate of drug-likeness (QED) is 0.854. The van der Waals surface area contributed by atoms with Crippen molar-refractivity contribution >= 4 is 5.91 Å². The summed E-state index contributed by atoms with van der Waals surface area (Å²) in [4.78, 5) is 14.7. The predicted octanol–water partition coefficient (Wildman–Crippen LogP) is 3.92. The summed E-state index contributed by atoms with van der Waals surface area (Å²) in [6, 6.07) is 6.68. The fourth-order valence-electron chi connectivity index (χ4n) is 3.45. The fraction of sp³-hybridized carbons (Fsp3) is 0.474. The highest BCUT2D eigenvalue weighted by molar-refractivity contribution is 5.96. The fourth-order valence-corrected chi connectivity index (χ4v) is 3.45. The molecule has 0 N–H and O–H groups in total. The summed E-state index contributed by atoms with van der Waals surface area (Å²) in [5.74, 6) is 0.893. The third kappa shape index (κ3) is 3.66. The van der Waals surface area contributed by atoms with Crippen LogP contribution in [0.2, 0.25) is 0 Å². The van der Waals surface area contributed by atoms with Crippen molar-refractivity contribution in [3.63, 3.8) is 0 Å². The number of piperidine rings is 1. The second-order valence-electron chi connectivity index (χ2n) is 6.62. The number of hydrogen-bond donors (Lipinski definition) is 0. The van der Waals surface area contributed by atoms with E-state index < -0.39 is 0 Å². The molecule has 5 heteroatoms. The van der Waals surface area contributed by atoms with Crippen molar-refractivity contribution in [2.75, 3.05) is 13.1 Å². The number of amides is 1. The maximum absolute atomic E-state index is 13.0. The van der Waals surface area contributed by atoms with Crippen LogP contribution < -0.4 is 0 Å². The second-order valence-corrected chi connectivity index (χ2v) is 6.62. The molecule has 1 aliphatic heterocycles. The lowest BCUT2D eigenvalue weighted by Gasteiger charge is -2.33. The highest BCUT2D eigenvalue weighted by Crippen LogP contribution is 2.24. The van der Waals surface area contributed by atoms with Gasteiger partial charge in [0, 0.05) is 13.1 Å². The first kappa shape index (κ1) is 16.7. The SMILES string of the molecule is Cc1noc(C)c1C(=O)N1CCCC(CCc2ccc(F)cc2)C1. The summed E-state index contributed by atoms with van der Waals surface area (Å²) in [6.45, 7) is 5.14. The smallest absolute Gasteiger partial charge is 0.259 e. The number of aryl methyl sites for hydroxylation is 3. The van der Waals surface area contributed by atoms with E-state index >= 15 is 0 Å². The number of halogens is 1. The van der Waals surface area contributed by atoms with Gasteiger partial charge in [0.15, 0.2) is 0 Å². The van der Waals surface area contributed by atoms with Crippen LogP contribution in [0.1, 0.15) is 46.6 Å². The zero-order chi connectivity index (χ0) is 17.1. The van der Waals surface area contributed by atoms with E-state index in [0.717, 1.165) is 44.3 Å². The van der Waals surface area contributed by atoms with Crippen LogP contribution in [-0.4, -0.2) is 29.1 Å². The van der Waals surface area contributed by atoms with Gasteiger partial charge in [0.25, 0.3) is 5.91 Å². The number of nitrogens with zero attached hydrogens (tertiary/aromatic N) is 2. The van der Waals surface area contributed by atoms with Gasteiger partial charge in [-0.25, -0.2) is 4.39 Å². The van der Waals surface area contributed by atoms with E-state index in [1.54, 1.807) is 13.8 Å². The van der Waals surface area contributed by atoms with E-state index in [-0.39, 0.29) is 11.7 Å². The Bertz CT molecular complexity index is 689. The lowest BCUT2D eigenvalue weighted by atomic mass is 9.91. The molecule has 3 rings (SSSR count). The number of rotatable bonds is 4. The third-order valence-electron chi connectivity index (χ3n) is 4.81. The maximum Gasteiger partial charge on any atom is 0.259 e. The van der Waals surface area contributed by atoms with Crippen LogP contribution in [0.25, 0.3) is 0 Å². The lowest BCUT2D eigenvalue weighted by molar-refractivity contribution is 0.0666. The van der Waals surface area contributed by atoms with Crippen molar-refractivity contribution in [2.24, 2.45) is 5.92 Å². The molecular weight excluding hydrogens is 307 g/mol. The Kier molecular flexibility index (Phi) is 4.97. The molecule has 0 radical (unpaired) electrons. The van der Waals surface area contributed by atoms with E-state index in [1.807, 2.05) is 17.0 Å². The summed E-state index contributed by atoms with van der Waals surface area (Å²) >= 11 is 0. The summed E-state index contributed by atoms with van der Waals surface area (Å²) in [5.41, 5.74) is 2.41. The third-order valence-corrected chi connectivity index (χ3v) is 4.81. The van der Waals surface area contributed by atoms with Gasteiger partial charge >= 0.3 is 0 Å². The van der Waals surface area contributed by atoms with Gasteiger partial charge in [0.1, 0.15) is 17.1 Å². The Balaban J connectivity index is 1.60. The average Bonchev–Trinajstić information content (AvgIpc) is 2.93. The van der Waals surface area contributed by atoms with Gasteiger partial charge in [0.05, 0.1) is 5.69 Å². The highest BCUT2D eigenvalue weighted by atomic mass is 19.1. The van der Waals surface area contributed by atoms with Gasteiger partial charge in [-0.05, 0) is 63.1 Å². The van der Waals surface area contributed by atoms with Gasteiger partial charge in [-0.3, -0.25) is 4.79 Å². The zero-order valence-corrected chi connectivity index (χ0v) is 14.2. The van der Waals surface area contributed by atoms with Gasteiger partial charge in [-0.1, -0.05) is 17.3 Å². The molecule has 1 aromatic heterocycles. The van der Waals surface area contributed by atoms with Gasteiger partial charge < -0.3 is 9.42 Å². The van der Waals surface area contributed by atoms with Crippen LogP contribution in [0.3, 0.4) is 0 Å². The summed E-state index contributed by atoms with van der Waals surface area (Å²) in [5, 5.41) is 3.88. The van der Waals surface area contributed by atoms with Crippen LogP contribution in [0.15, 0.2) is 28.8 Å². The Morgan fingerprint density at radius 2 is 2.08 bits per heavy atom. The highest BCUT2D eigenvalue weighted by Gasteiger charge is 2.28. The zero-order valence-electron chi connectivity index (χ0n) is 14.2. The average molecular weight is 330 g/mol. The summed E-state index contributed by atoms with van der Waals surface area (Å²) in [6.07, 6.45) is 4.07.